The third kappa shape index (κ3) is 8.00. The molecule has 0 aliphatic carbocycles. The monoisotopic (exact) mass is 306 g/mol. The Morgan fingerprint density at radius 1 is 0.762 bits per heavy atom. The van der Waals surface area contributed by atoms with E-state index in [4.69, 9.17) is 9.68 Å². The second kappa shape index (κ2) is 11.8. The Hall–Kier alpha value is -2.00. The lowest BCUT2D eigenvalue weighted by atomic mass is 10.5. The molecular weight excluding hydrogens is 280 g/mol. The van der Waals surface area contributed by atoms with Crippen LogP contribution in [0.5, 0.6) is 0 Å². The van der Waals surface area contributed by atoms with Gasteiger partial charge in [-0.2, -0.15) is 0 Å². The quantitative estimate of drug-likeness (QED) is 0.235. The Kier molecular flexibility index (Phi) is 10.7. The van der Waals surface area contributed by atoms with Crippen molar-refractivity contribution in [3.63, 3.8) is 0 Å². The van der Waals surface area contributed by atoms with E-state index < -0.39 is 0 Å². The molecule has 0 aliphatic heterocycles. The number of hydrazine groups is 2. The third-order valence-corrected chi connectivity index (χ3v) is 2.67. The van der Waals surface area contributed by atoms with Gasteiger partial charge >= 0.3 is 0 Å². The maximum Gasteiger partial charge on any atom is 0.233 e. The van der Waals surface area contributed by atoms with E-state index in [1.807, 2.05) is 27.7 Å². The molecule has 0 aromatic carbocycles. The van der Waals surface area contributed by atoms with Gasteiger partial charge in [0.15, 0.2) is 0 Å². The molecule has 0 fully saturated rings. The SMILES string of the molecule is CCN(CC)/[N+]([O-])=N/OCCCO/N=[N+](\[O-])N(CC)CC. The van der Waals surface area contributed by atoms with E-state index in [0.29, 0.717) is 42.5 Å². The molecule has 10 heteroatoms. The third-order valence-electron chi connectivity index (χ3n) is 2.67. The van der Waals surface area contributed by atoms with Crippen LogP contribution in [0.25, 0.3) is 0 Å². The minimum Gasteiger partial charge on any atom is -0.569 e. The molecule has 21 heavy (non-hydrogen) atoms. The van der Waals surface area contributed by atoms with E-state index in [0.717, 1.165) is 0 Å². The Bertz CT molecular complexity index is 288. The maximum atomic E-state index is 11.4. The summed E-state index contributed by atoms with van der Waals surface area (Å²) < 4.78 is 0. The minimum atomic E-state index is 0.208. The lowest BCUT2D eigenvalue weighted by molar-refractivity contribution is -0.710. The Balaban J connectivity index is 3.82. The molecule has 0 saturated heterocycles. The summed E-state index contributed by atoms with van der Waals surface area (Å²) in [6, 6.07) is 0. The van der Waals surface area contributed by atoms with Crippen LogP contribution in [-0.4, -0.2) is 59.3 Å². The molecule has 0 bridgehead atoms. The van der Waals surface area contributed by atoms with Gasteiger partial charge < -0.3 is 20.1 Å². The van der Waals surface area contributed by atoms with Crippen molar-refractivity contribution >= 4 is 0 Å². The first-order valence-electron chi connectivity index (χ1n) is 7.20. The molecule has 0 spiro atoms. The first-order chi connectivity index (χ1) is 10.1. The molecule has 0 heterocycles. The van der Waals surface area contributed by atoms with Crippen LogP contribution >= 0.6 is 0 Å². The standard InChI is InChI=1S/C11H26N6O4/c1-5-14(6-2)16(18)12-20-10-9-11-21-13-17(19)15(7-3)8-4/h5-11H2,1-4H3/b16-12-,17-13-. The average Bonchev–Trinajstić information content (AvgIpc) is 2.48. The number of nitrogens with zero attached hydrogens (tertiary/aromatic N) is 6. The average molecular weight is 306 g/mol. The first kappa shape index (κ1) is 19.0. The highest BCUT2D eigenvalue weighted by molar-refractivity contribution is 4.31. The van der Waals surface area contributed by atoms with Gasteiger partial charge in [0, 0.05) is 6.42 Å². The second-order valence-electron chi connectivity index (χ2n) is 3.97. The van der Waals surface area contributed by atoms with Crippen molar-refractivity contribution in [2.75, 3.05) is 39.4 Å². The molecule has 0 amide bonds. The van der Waals surface area contributed by atoms with E-state index in [1.54, 1.807) is 0 Å². The molecule has 0 saturated carbocycles. The van der Waals surface area contributed by atoms with Gasteiger partial charge in [0.25, 0.3) is 0 Å². The van der Waals surface area contributed by atoms with Gasteiger partial charge in [-0.1, -0.05) is 0 Å². The van der Waals surface area contributed by atoms with Gasteiger partial charge in [-0.3, -0.25) is 0 Å². The maximum absolute atomic E-state index is 11.4. The van der Waals surface area contributed by atoms with E-state index in [2.05, 4.69) is 10.6 Å². The highest BCUT2D eigenvalue weighted by Crippen LogP contribution is 1.94. The molecule has 0 N–H and O–H groups in total. The molecule has 10 nitrogen and oxygen atoms in total. The van der Waals surface area contributed by atoms with Crippen molar-refractivity contribution in [2.24, 2.45) is 10.6 Å². The van der Waals surface area contributed by atoms with Crippen LogP contribution in [0, 0.1) is 10.4 Å². The molecular formula is C11H26N6O4. The highest BCUT2D eigenvalue weighted by Gasteiger charge is 2.07. The molecule has 0 radical (unpaired) electrons. The predicted octanol–water partition coefficient (Wildman–Crippen LogP) is 1.68. The summed E-state index contributed by atoms with van der Waals surface area (Å²) in [7, 11) is 0. The topological polar surface area (TPSA) is 102 Å². The molecule has 0 aromatic rings. The molecule has 0 unspecified atom stereocenters. The van der Waals surface area contributed by atoms with Crippen LogP contribution in [-0.2, 0) is 9.68 Å². The van der Waals surface area contributed by atoms with Gasteiger partial charge in [-0.15, -0.1) is 10.0 Å². The lowest BCUT2D eigenvalue weighted by Crippen LogP contribution is -2.30. The summed E-state index contributed by atoms with van der Waals surface area (Å²) in [6.45, 7) is 10.0. The number of rotatable bonds is 12. The largest absolute Gasteiger partial charge is 0.569 e. The van der Waals surface area contributed by atoms with Crippen molar-refractivity contribution in [3.05, 3.63) is 10.4 Å². The fourth-order valence-corrected chi connectivity index (χ4v) is 1.40. The Morgan fingerprint density at radius 3 is 1.38 bits per heavy atom. The summed E-state index contributed by atoms with van der Waals surface area (Å²) in [5, 5.41) is 32.5. The Labute approximate surface area is 125 Å². The summed E-state index contributed by atoms with van der Waals surface area (Å²) in [5.74, 6) is 0. The van der Waals surface area contributed by atoms with E-state index in [1.165, 1.54) is 10.0 Å². The second-order valence-corrected chi connectivity index (χ2v) is 3.97. The molecule has 124 valence electrons. The van der Waals surface area contributed by atoms with Gasteiger partial charge in [-0.05, 0) is 27.7 Å². The highest BCUT2D eigenvalue weighted by atomic mass is 16.7. The van der Waals surface area contributed by atoms with Crippen molar-refractivity contribution in [2.45, 2.75) is 34.1 Å². The molecule has 0 atom stereocenters. The van der Waals surface area contributed by atoms with Crippen LogP contribution in [0.4, 0.5) is 0 Å². The molecule has 0 rings (SSSR count). The van der Waals surface area contributed by atoms with Crippen molar-refractivity contribution in [1.29, 1.82) is 0 Å². The van der Waals surface area contributed by atoms with Gasteiger partial charge in [0.2, 0.25) is 10.6 Å². The number of hydrogen-bond acceptors (Lipinski definition) is 6. The van der Waals surface area contributed by atoms with E-state index in [-0.39, 0.29) is 13.2 Å². The summed E-state index contributed by atoms with van der Waals surface area (Å²) >= 11 is 0. The number of hydrogen-bond donors (Lipinski definition) is 0. The van der Waals surface area contributed by atoms with Crippen LogP contribution in [0.3, 0.4) is 0 Å². The van der Waals surface area contributed by atoms with Crippen LogP contribution < -0.4 is 0 Å². The fraction of sp³-hybridized carbons (Fsp3) is 1.00. The van der Waals surface area contributed by atoms with E-state index in [9.17, 15) is 10.4 Å². The molecule has 0 aliphatic rings. The van der Waals surface area contributed by atoms with Crippen LogP contribution in [0.1, 0.15) is 34.1 Å². The first-order valence-corrected chi connectivity index (χ1v) is 7.20. The lowest BCUT2D eigenvalue weighted by Gasteiger charge is -2.13. The van der Waals surface area contributed by atoms with E-state index >= 15 is 0 Å². The zero-order valence-corrected chi connectivity index (χ0v) is 13.3. The minimum absolute atomic E-state index is 0.208. The van der Waals surface area contributed by atoms with Crippen LogP contribution in [0.2, 0.25) is 0 Å². The summed E-state index contributed by atoms with van der Waals surface area (Å²) in [6.07, 6.45) is 0.463. The van der Waals surface area contributed by atoms with Crippen molar-refractivity contribution < 1.29 is 19.6 Å². The van der Waals surface area contributed by atoms with Crippen molar-refractivity contribution in [3.8, 4) is 0 Å². The van der Waals surface area contributed by atoms with Gasteiger partial charge in [0.05, 0.1) is 36.1 Å². The zero-order valence-electron chi connectivity index (χ0n) is 13.3. The Morgan fingerprint density at radius 2 is 1.10 bits per heavy atom. The molecule has 0 aromatic heterocycles. The van der Waals surface area contributed by atoms with Crippen LogP contribution in [0.15, 0.2) is 10.6 Å². The predicted molar refractivity (Wildman–Crippen MR) is 74.5 cm³/mol. The smallest absolute Gasteiger partial charge is 0.233 e. The van der Waals surface area contributed by atoms with Gasteiger partial charge in [0.1, 0.15) is 13.2 Å². The zero-order chi connectivity index (χ0) is 16.1. The fourth-order valence-electron chi connectivity index (χ4n) is 1.40. The summed E-state index contributed by atoms with van der Waals surface area (Å²) in [4.78, 5) is 10.5. The summed E-state index contributed by atoms with van der Waals surface area (Å²) in [5.41, 5.74) is 0. The van der Waals surface area contributed by atoms with Crippen molar-refractivity contribution in [1.82, 2.24) is 10.0 Å². The normalized spacial score (nSPS) is 12.2. The van der Waals surface area contributed by atoms with Gasteiger partial charge in [-0.25, -0.2) is 0 Å².